The second-order valence-corrected chi connectivity index (χ2v) is 6.80. The number of carbonyl (C=O) groups excluding carboxylic acids is 2. The van der Waals surface area contributed by atoms with Gasteiger partial charge in [0.25, 0.3) is 0 Å². The third kappa shape index (κ3) is 5.09. The monoisotopic (exact) mass is 357 g/mol. The summed E-state index contributed by atoms with van der Waals surface area (Å²) in [6, 6.07) is 5.03. The van der Waals surface area contributed by atoms with Crippen molar-refractivity contribution in [2.45, 2.75) is 12.8 Å². The fourth-order valence-electron chi connectivity index (χ4n) is 2.35. The minimum Gasteiger partial charge on any atom is -0.356 e. The van der Waals surface area contributed by atoms with Crippen molar-refractivity contribution in [3.05, 3.63) is 28.2 Å². The molecule has 0 heterocycles. The lowest BCUT2D eigenvalue weighted by Crippen LogP contribution is -2.30. The summed E-state index contributed by atoms with van der Waals surface area (Å²) in [4.78, 5) is 26.3. The molecule has 5 nitrogen and oxygen atoms in total. The first-order chi connectivity index (χ1) is 10.9. The number of nitrogens with zero attached hydrogens (tertiary/aromatic N) is 1. The largest absolute Gasteiger partial charge is 0.356 e. The summed E-state index contributed by atoms with van der Waals surface area (Å²) in [5.41, 5.74) is 0.401. The van der Waals surface area contributed by atoms with Crippen LogP contribution >= 0.6 is 23.2 Å². The van der Waals surface area contributed by atoms with Crippen molar-refractivity contribution >= 4 is 40.7 Å². The maximum Gasteiger partial charge on any atom is 0.228 e. The standard InChI is InChI=1S/C16H21Cl2N3O2/c1-21(2)8-4-7-19-15(22)10-9-11(10)16(23)20-14-12(17)5-3-6-13(14)18/h3,5-6,10-11H,4,7-9H2,1-2H3,(H,19,22)(H,20,23). The van der Waals surface area contributed by atoms with E-state index in [0.29, 0.717) is 28.7 Å². The molecule has 2 N–H and O–H groups in total. The zero-order chi connectivity index (χ0) is 17.0. The van der Waals surface area contributed by atoms with E-state index in [0.717, 1.165) is 13.0 Å². The molecular formula is C16H21Cl2N3O2. The van der Waals surface area contributed by atoms with Gasteiger partial charge in [-0.15, -0.1) is 0 Å². The van der Waals surface area contributed by atoms with Crippen LogP contribution in [-0.2, 0) is 9.59 Å². The van der Waals surface area contributed by atoms with E-state index >= 15 is 0 Å². The van der Waals surface area contributed by atoms with Crippen LogP contribution in [0.15, 0.2) is 18.2 Å². The van der Waals surface area contributed by atoms with Gasteiger partial charge in [0, 0.05) is 6.54 Å². The van der Waals surface area contributed by atoms with Crippen LogP contribution in [0.5, 0.6) is 0 Å². The van der Waals surface area contributed by atoms with Gasteiger partial charge in [0.2, 0.25) is 11.8 Å². The highest BCUT2D eigenvalue weighted by Gasteiger charge is 2.48. The Morgan fingerprint density at radius 2 is 1.78 bits per heavy atom. The molecule has 0 radical (unpaired) electrons. The van der Waals surface area contributed by atoms with E-state index in [1.807, 2.05) is 14.1 Å². The van der Waals surface area contributed by atoms with Crippen molar-refractivity contribution in [2.24, 2.45) is 11.8 Å². The average molecular weight is 358 g/mol. The van der Waals surface area contributed by atoms with E-state index in [1.54, 1.807) is 18.2 Å². The van der Waals surface area contributed by atoms with Crippen molar-refractivity contribution < 1.29 is 9.59 Å². The summed E-state index contributed by atoms with van der Waals surface area (Å²) in [5, 5.41) is 6.36. The number of para-hydroxylation sites is 1. The first-order valence-electron chi connectivity index (χ1n) is 7.57. The Balaban J connectivity index is 1.79. The van der Waals surface area contributed by atoms with Crippen molar-refractivity contribution in [1.82, 2.24) is 10.2 Å². The molecular weight excluding hydrogens is 337 g/mol. The molecule has 126 valence electrons. The highest BCUT2D eigenvalue weighted by molar-refractivity contribution is 6.39. The molecule has 1 aromatic rings. The summed E-state index contributed by atoms with van der Waals surface area (Å²) in [7, 11) is 3.98. The number of hydrogen-bond acceptors (Lipinski definition) is 3. The Hall–Kier alpha value is -1.30. The first-order valence-corrected chi connectivity index (χ1v) is 8.33. The van der Waals surface area contributed by atoms with Gasteiger partial charge in [-0.05, 0) is 45.6 Å². The number of nitrogens with one attached hydrogen (secondary N) is 2. The van der Waals surface area contributed by atoms with Gasteiger partial charge in [-0.1, -0.05) is 29.3 Å². The van der Waals surface area contributed by atoms with E-state index in [4.69, 9.17) is 23.2 Å². The minimum atomic E-state index is -0.309. The van der Waals surface area contributed by atoms with Crippen LogP contribution in [0.25, 0.3) is 0 Å². The van der Waals surface area contributed by atoms with Crippen LogP contribution < -0.4 is 10.6 Å². The van der Waals surface area contributed by atoms with Gasteiger partial charge in [0.15, 0.2) is 0 Å². The fraction of sp³-hybridized carbons (Fsp3) is 0.500. The van der Waals surface area contributed by atoms with Gasteiger partial charge in [-0.2, -0.15) is 0 Å². The maximum absolute atomic E-state index is 12.2. The van der Waals surface area contributed by atoms with Crippen molar-refractivity contribution in [3.8, 4) is 0 Å². The van der Waals surface area contributed by atoms with Crippen LogP contribution in [0, 0.1) is 11.8 Å². The summed E-state index contributed by atoms with van der Waals surface area (Å²) >= 11 is 12.1. The third-order valence-corrected chi connectivity index (χ3v) is 4.39. The predicted octanol–water partition coefficient (Wildman–Crippen LogP) is 2.64. The van der Waals surface area contributed by atoms with Crippen molar-refractivity contribution in [3.63, 3.8) is 0 Å². The molecule has 0 aliphatic heterocycles. The third-order valence-electron chi connectivity index (χ3n) is 3.76. The predicted molar refractivity (Wildman–Crippen MR) is 92.9 cm³/mol. The van der Waals surface area contributed by atoms with E-state index < -0.39 is 0 Å². The molecule has 0 saturated heterocycles. The lowest BCUT2D eigenvalue weighted by atomic mass is 10.2. The number of halogens is 2. The number of rotatable bonds is 7. The number of amides is 2. The summed E-state index contributed by atoms with van der Waals surface area (Å²) in [5.74, 6) is -0.839. The molecule has 2 amide bonds. The molecule has 0 aromatic heterocycles. The molecule has 2 rings (SSSR count). The number of hydrogen-bond donors (Lipinski definition) is 2. The Kier molecular flexibility index (Phi) is 6.27. The molecule has 0 spiro atoms. The number of benzene rings is 1. The zero-order valence-electron chi connectivity index (χ0n) is 13.2. The first kappa shape index (κ1) is 18.0. The van der Waals surface area contributed by atoms with Gasteiger partial charge in [-0.25, -0.2) is 0 Å². The molecule has 0 bridgehead atoms. The minimum absolute atomic E-state index is 0.0610. The van der Waals surface area contributed by atoms with Crippen LogP contribution in [0.4, 0.5) is 5.69 Å². The highest BCUT2D eigenvalue weighted by Crippen LogP contribution is 2.40. The van der Waals surface area contributed by atoms with Crippen LogP contribution in [0.2, 0.25) is 10.0 Å². The Morgan fingerprint density at radius 3 is 2.39 bits per heavy atom. The van der Waals surface area contributed by atoms with Crippen LogP contribution in [-0.4, -0.2) is 43.9 Å². The second-order valence-electron chi connectivity index (χ2n) is 5.98. The lowest BCUT2D eigenvalue weighted by Gasteiger charge is -2.10. The second kappa shape index (κ2) is 7.99. The average Bonchev–Trinajstić information content (AvgIpc) is 3.27. The lowest BCUT2D eigenvalue weighted by molar-refractivity contribution is -0.125. The number of carbonyl (C=O) groups is 2. The molecule has 2 atom stereocenters. The smallest absolute Gasteiger partial charge is 0.228 e. The van der Waals surface area contributed by atoms with Crippen LogP contribution in [0.1, 0.15) is 12.8 Å². The quantitative estimate of drug-likeness (QED) is 0.737. The molecule has 2 unspecified atom stereocenters. The SMILES string of the molecule is CN(C)CCCNC(=O)C1CC1C(=O)Nc1c(Cl)cccc1Cl. The maximum atomic E-state index is 12.2. The van der Waals surface area contributed by atoms with Gasteiger partial charge in [0.1, 0.15) is 0 Å². The topological polar surface area (TPSA) is 61.4 Å². The Labute approximate surface area is 146 Å². The molecule has 23 heavy (non-hydrogen) atoms. The molecule has 1 fully saturated rings. The Morgan fingerprint density at radius 1 is 1.17 bits per heavy atom. The summed E-state index contributed by atoms with van der Waals surface area (Å²) < 4.78 is 0. The van der Waals surface area contributed by atoms with E-state index in [2.05, 4.69) is 15.5 Å². The molecule has 7 heteroatoms. The fourth-order valence-corrected chi connectivity index (χ4v) is 2.84. The molecule has 1 saturated carbocycles. The zero-order valence-corrected chi connectivity index (χ0v) is 14.7. The van der Waals surface area contributed by atoms with Gasteiger partial charge >= 0.3 is 0 Å². The van der Waals surface area contributed by atoms with Crippen LogP contribution in [0.3, 0.4) is 0 Å². The van der Waals surface area contributed by atoms with E-state index in [9.17, 15) is 9.59 Å². The molecule has 1 aliphatic carbocycles. The van der Waals surface area contributed by atoms with Gasteiger partial charge in [0.05, 0.1) is 27.6 Å². The van der Waals surface area contributed by atoms with E-state index in [1.165, 1.54) is 0 Å². The normalized spacial score (nSPS) is 19.5. The number of anilines is 1. The van der Waals surface area contributed by atoms with Gasteiger partial charge in [-0.3, -0.25) is 9.59 Å². The Bertz CT molecular complexity index is 572. The highest BCUT2D eigenvalue weighted by atomic mass is 35.5. The van der Waals surface area contributed by atoms with Gasteiger partial charge < -0.3 is 15.5 Å². The summed E-state index contributed by atoms with van der Waals surface area (Å²) in [6.45, 7) is 1.54. The van der Waals surface area contributed by atoms with E-state index in [-0.39, 0.29) is 23.7 Å². The van der Waals surface area contributed by atoms with Crippen molar-refractivity contribution in [1.29, 1.82) is 0 Å². The molecule has 1 aliphatic rings. The summed E-state index contributed by atoms with van der Waals surface area (Å²) in [6.07, 6.45) is 1.45. The molecule has 1 aromatic carbocycles. The van der Waals surface area contributed by atoms with Crippen molar-refractivity contribution in [2.75, 3.05) is 32.5 Å².